The molecule has 0 fully saturated rings. The van der Waals surface area contributed by atoms with Crippen molar-refractivity contribution in [3.05, 3.63) is 176 Å². The van der Waals surface area contributed by atoms with E-state index in [1.807, 2.05) is 12.3 Å². The fourth-order valence-corrected chi connectivity index (χ4v) is 7.35. The van der Waals surface area contributed by atoms with Gasteiger partial charge in [-0.25, -0.2) is 9.97 Å². The molecule has 0 saturated carbocycles. The summed E-state index contributed by atoms with van der Waals surface area (Å²) in [6.07, 6.45) is 1.85. The third-order valence-electron chi connectivity index (χ3n) is 9.82. The molecule has 0 aliphatic carbocycles. The van der Waals surface area contributed by atoms with Crippen LogP contribution < -0.4 is 0 Å². The Morgan fingerprint density at radius 1 is 0.320 bits per heavy atom. The number of nitrogens with zero attached hydrogens (tertiary/aromatic N) is 3. The Morgan fingerprint density at radius 2 is 0.940 bits per heavy atom. The minimum atomic E-state index is 0.914. The highest BCUT2D eigenvalue weighted by Gasteiger charge is 2.16. The Balaban J connectivity index is 1.20. The summed E-state index contributed by atoms with van der Waals surface area (Å²) in [7, 11) is 0. The molecule has 0 bridgehead atoms. The minimum absolute atomic E-state index is 0.914. The topological polar surface area (TPSA) is 38.7 Å². The van der Waals surface area contributed by atoms with Gasteiger partial charge in [0, 0.05) is 39.0 Å². The largest absolute Gasteiger partial charge is 0.254 e. The Bertz CT molecular complexity index is 2850. The highest BCUT2D eigenvalue weighted by Crippen LogP contribution is 2.39. The summed E-state index contributed by atoms with van der Waals surface area (Å²) in [4.78, 5) is 15.2. The lowest BCUT2D eigenvalue weighted by atomic mass is 9.93. The van der Waals surface area contributed by atoms with Gasteiger partial charge in [-0.3, -0.25) is 4.98 Å². The smallest absolute Gasteiger partial charge is 0.0978 e. The van der Waals surface area contributed by atoms with Crippen molar-refractivity contribution in [3.8, 4) is 44.8 Å². The second kappa shape index (κ2) is 11.5. The lowest BCUT2D eigenvalue weighted by Crippen LogP contribution is -1.94. The fourth-order valence-electron chi connectivity index (χ4n) is 7.35. The van der Waals surface area contributed by atoms with Crippen LogP contribution in [-0.4, -0.2) is 15.0 Å². The number of rotatable bonds is 4. The summed E-state index contributed by atoms with van der Waals surface area (Å²) >= 11 is 0. The third-order valence-corrected chi connectivity index (χ3v) is 9.82. The summed E-state index contributed by atoms with van der Waals surface area (Å²) in [5, 5.41) is 8.14. The summed E-state index contributed by atoms with van der Waals surface area (Å²) in [6.45, 7) is 0. The van der Waals surface area contributed by atoms with Crippen LogP contribution in [0.4, 0.5) is 0 Å². The van der Waals surface area contributed by atoms with E-state index >= 15 is 0 Å². The van der Waals surface area contributed by atoms with Crippen molar-refractivity contribution in [2.45, 2.75) is 0 Å². The molecule has 3 aromatic heterocycles. The van der Waals surface area contributed by atoms with Gasteiger partial charge in [-0.05, 0) is 80.7 Å². The highest BCUT2D eigenvalue weighted by molar-refractivity contribution is 6.16. The zero-order chi connectivity index (χ0) is 33.0. The molecule has 3 heteroatoms. The molecule has 10 aromatic rings. The van der Waals surface area contributed by atoms with Crippen LogP contribution in [0.2, 0.25) is 0 Å². The van der Waals surface area contributed by atoms with Crippen molar-refractivity contribution >= 4 is 54.3 Å². The lowest BCUT2D eigenvalue weighted by Gasteiger charge is -2.15. The summed E-state index contributed by atoms with van der Waals surface area (Å²) in [6, 6.07) is 60.4. The number of benzene rings is 7. The number of pyridine rings is 3. The van der Waals surface area contributed by atoms with Gasteiger partial charge >= 0.3 is 0 Å². The maximum atomic E-state index is 5.35. The number of fused-ring (bicyclic) bond motifs is 6. The van der Waals surface area contributed by atoms with Crippen molar-refractivity contribution in [3.63, 3.8) is 0 Å². The molecule has 0 aliphatic heterocycles. The Labute approximate surface area is 289 Å². The van der Waals surface area contributed by atoms with Crippen LogP contribution in [0.1, 0.15) is 0 Å². The van der Waals surface area contributed by atoms with Gasteiger partial charge < -0.3 is 0 Å². The minimum Gasteiger partial charge on any atom is -0.254 e. The van der Waals surface area contributed by atoms with Gasteiger partial charge in [0.25, 0.3) is 0 Å². The van der Waals surface area contributed by atoms with E-state index in [2.05, 4.69) is 164 Å². The van der Waals surface area contributed by atoms with E-state index in [1.165, 1.54) is 21.5 Å². The molecule has 7 aromatic carbocycles. The van der Waals surface area contributed by atoms with E-state index < -0.39 is 0 Å². The molecule has 0 spiro atoms. The molecule has 232 valence electrons. The van der Waals surface area contributed by atoms with Crippen molar-refractivity contribution in [1.29, 1.82) is 0 Å². The first kappa shape index (κ1) is 28.3. The summed E-state index contributed by atoms with van der Waals surface area (Å²) < 4.78 is 0. The molecule has 0 radical (unpaired) electrons. The molecular weight excluding hydrogens is 607 g/mol. The molecule has 0 N–H and O–H groups in total. The molecule has 0 aliphatic rings. The lowest BCUT2D eigenvalue weighted by molar-refractivity contribution is 1.32. The molecule has 0 unspecified atom stereocenters. The van der Waals surface area contributed by atoms with Gasteiger partial charge in [-0.2, -0.15) is 0 Å². The molecular formula is C47H29N3. The van der Waals surface area contributed by atoms with Crippen molar-refractivity contribution in [1.82, 2.24) is 15.0 Å². The number of hydrogen-bond donors (Lipinski definition) is 0. The first-order valence-electron chi connectivity index (χ1n) is 16.9. The third kappa shape index (κ3) is 4.79. The Hall–Kier alpha value is -6.71. The summed E-state index contributed by atoms with van der Waals surface area (Å²) in [5.74, 6) is 0. The van der Waals surface area contributed by atoms with Crippen LogP contribution in [0.15, 0.2) is 176 Å². The van der Waals surface area contributed by atoms with E-state index in [1.54, 1.807) is 0 Å². The molecule has 0 saturated heterocycles. The zero-order valence-electron chi connectivity index (χ0n) is 27.1. The van der Waals surface area contributed by atoms with Crippen molar-refractivity contribution in [2.24, 2.45) is 0 Å². The van der Waals surface area contributed by atoms with E-state index in [0.717, 1.165) is 77.5 Å². The number of aromatic nitrogens is 3. The molecule has 3 nitrogen and oxygen atoms in total. The number of hydrogen-bond acceptors (Lipinski definition) is 3. The SMILES string of the molecule is c1cc(-c2cc(-c3ccc4ccccc4c3)cc(-c3ccc4ccccc4c3)n2)cc(-c2c3ccccc3nc3c2ccc2cccnc23)c1. The van der Waals surface area contributed by atoms with Crippen LogP contribution in [0.25, 0.3) is 99.0 Å². The van der Waals surface area contributed by atoms with Crippen LogP contribution in [0.5, 0.6) is 0 Å². The van der Waals surface area contributed by atoms with E-state index in [-0.39, 0.29) is 0 Å². The standard InChI is InChI=1S/C47H29N3/c1-3-11-33-25-35(20-18-30(33)9-1)39-28-43(49-44(29-39)37-21-19-31-10-2-4-12-34(31)26-37)36-13-7-14-38(27-36)45-40-16-5-6-17-42(40)50-47-41(45)23-22-32-15-8-24-48-46(32)47/h1-29H. The molecule has 3 heterocycles. The summed E-state index contributed by atoms with van der Waals surface area (Å²) in [5.41, 5.74) is 11.4. The van der Waals surface area contributed by atoms with Gasteiger partial charge in [0.15, 0.2) is 0 Å². The van der Waals surface area contributed by atoms with E-state index in [9.17, 15) is 0 Å². The van der Waals surface area contributed by atoms with Gasteiger partial charge in [0.1, 0.15) is 0 Å². The van der Waals surface area contributed by atoms with Gasteiger partial charge in [-0.1, -0.05) is 127 Å². The zero-order valence-corrected chi connectivity index (χ0v) is 27.1. The second-order valence-electron chi connectivity index (χ2n) is 12.9. The predicted molar refractivity (Wildman–Crippen MR) is 209 cm³/mol. The second-order valence-corrected chi connectivity index (χ2v) is 12.9. The van der Waals surface area contributed by atoms with Crippen molar-refractivity contribution in [2.75, 3.05) is 0 Å². The van der Waals surface area contributed by atoms with Gasteiger partial charge in [-0.15, -0.1) is 0 Å². The highest BCUT2D eigenvalue weighted by atomic mass is 14.7. The van der Waals surface area contributed by atoms with Crippen LogP contribution in [0, 0.1) is 0 Å². The van der Waals surface area contributed by atoms with Gasteiger partial charge in [0.05, 0.1) is 27.9 Å². The predicted octanol–water partition coefficient (Wildman–Crippen LogP) is 12.3. The Morgan fingerprint density at radius 3 is 1.74 bits per heavy atom. The maximum Gasteiger partial charge on any atom is 0.0978 e. The first-order valence-corrected chi connectivity index (χ1v) is 16.9. The molecule has 10 rings (SSSR count). The van der Waals surface area contributed by atoms with Crippen LogP contribution >= 0.6 is 0 Å². The molecule has 0 amide bonds. The number of para-hydroxylation sites is 1. The van der Waals surface area contributed by atoms with Crippen LogP contribution in [-0.2, 0) is 0 Å². The molecule has 50 heavy (non-hydrogen) atoms. The first-order chi connectivity index (χ1) is 24.7. The van der Waals surface area contributed by atoms with Gasteiger partial charge in [0.2, 0.25) is 0 Å². The maximum absolute atomic E-state index is 5.35. The van der Waals surface area contributed by atoms with Crippen molar-refractivity contribution < 1.29 is 0 Å². The fraction of sp³-hybridized carbons (Fsp3) is 0. The average molecular weight is 636 g/mol. The van der Waals surface area contributed by atoms with Crippen LogP contribution in [0.3, 0.4) is 0 Å². The normalized spacial score (nSPS) is 11.6. The monoisotopic (exact) mass is 635 g/mol. The average Bonchev–Trinajstić information content (AvgIpc) is 3.19. The Kier molecular flexibility index (Phi) is 6.49. The quantitative estimate of drug-likeness (QED) is 0.143. The molecule has 0 atom stereocenters. The van der Waals surface area contributed by atoms with E-state index in [0.29, 0.717) is 0 Å². The van der Waals surface area contributed by atoms with E-state index in [4.69, 9.17) is 15.0 Å².